The second-order valence-corrected chi connectivity index (χ2v) is 6.23. The molecule has 0 saturated carbocycles. The van der Waals surface area contributed by atoms with Crippen LogP contribution in [-0.2, 0) is 14.8 Å². The highest BCUT2D eigenvalue weighted by molar-refractivity contribution is 7.92. The van der Waals surface area contributed by atoms with Gasteiger partial charge in [0, 0.05) is 0 Å². The predicted octanol–water partition coefficient (Wildman–Crippen LogP) is 1.01. The summed E-state index contributed by atoms with van der Waals surface area (Å²) in [6.45, 7) is -0.515. The average Bonchev–Trinajstić information content (AvgIpc) is 2.54. The van der Waals surface area contributed by atoms with E-state index in [0.717, 1.165) is 16.4 Å². The minimum atomic E-state index is -3.98. The smallest absolute Gasteiger partial charge is 0.264 e. The van der Waals surface area contributed by atoms with E-state index in [9.17, 15) is 17.6 Å². The molecule has 2 aromatic carbocycles. The van der Waals surface area contributed by atoms with Crippen LogP contribution in [-0.4, -0.2) is 20.9 Å². The Balaban J connectivity index is 2.48. The Labute approximate surface area is 127 Å². The lowest BCUT2D eigenvalue weighted by atomic mass is 10.3. The second kappa shape index (κ2) is 6.54. The molecule has 0 aromatic heterocycles. The third kappa shape index (κ3) is 3.41. The number of anilines is 1. The molecule has 0 heterocycles. The summed E-state index contributed by atoms with van der Waals surface area (Å²) in [7, 11) is -3.98. The molecule has 0 aliphatic rings. The van der Waals surface area contributed by atoms with Gasteiger partial charge in [0.15, 0.2) is 0 Å². The molecule has 0 radical (unpaired) electrons. The number of nitrogens with one attached hydrogen (secondary N) is 1. The summed E-state index contributed by atoms with van der Waals surface area (Å²) in [6, 6.07) is 12.4. The number of hydrogen-bond donors (Lipinski definition) is 2. The molecule has 1 amide bonds. The van der Waals surface area contributed by atoms with Crippen molar-refractivity contribution in [3.05, 3.63) is 60.4 Å². The summed E-state index contributed by atoms with van der Waals surface area (Å²) in [5.41, 5.74) is 2.04. The number of carbonyl (C=O) groups excluding carboxylic acids is 1. The summed E-state index contributed by atoms with van der Waals surface area (Å²) >= 11 is 0. The van der Waals surface area contributed by atoms with Crippen LogP contribution in [0.25, 0.3) is 0 Å². The second-order valence-electron chi connectivity index (χ2n) is 4.37. The van der Waals surface area contributed by atoms with Crippen LogP contribution in [0.5, 0.6) is 0 Å². The SMILES string of the molecule is NNC(=O)CN(c1ccc(F)cc1)S(=O)(=O)c1ccccc1. The number of nitrogens with zero attached hydrogens (tertiary/aromatic N) is 1. The summed E-state index contributed by atoms with van der Waals surface area (Å²) in [4.78, 5) is 11.5. The lowest BCUT2D eigenvalue weighted by molar-refractivity contribution is -0.119. The molecule has 8 heteroatoms. The number of hydrazine groups is 1. The standard InChI is InChI=1S/C14H14FN3O3S/c15-11-6-8-12(9-7-11)18(10-14(19)17-16)22(20,21)13-4-2-1-3-5-13/h1-9H,10,16H2,(H,17,19). The van der Waals surface area contributed by atoms with Gasteiger partial charge in [0.1, 0.15) is 12.4 Å². The number of sulfonamides is 1. The van der Waals surface area contributed by atoms with Crippen molar-refractivity contribution in [3.63, 3.8) is 0 Å². The summed E-state index contributed by atoms with van der Waals surface area (Å²) in [5.74, 6) is 3.82. The number of amides is 1. The van der Waals surface area contributed by atoms with Gasteiger partial charge in [-0.25, -0.2) is 18.7 Å². The van der Waals surface area contributed by atoms with E-state index in [1.54, 1.807) is 18.2 Å². The molecule has 0 saturated heterocycles. The maximum absolute atomic E-state index is 13.0. The highest BCUT2D eigenvalue weighted by Gasteiger charge is 2.26. The highest BCUT2D eigenvalue weighted by atomic mass is 32.2. The molecule has 0 aliphatic heterocycles. The Morgan fingerprint density at radius 3 is 2.23 bits per heavy atom. The summed E-state index contributed by atoms with van der Waals surface area (Å²) in [6.07, 6.45) is 0. The van der Waals surface area contributed by atoms with Crippen molar-refractivity contribution in [1.82, 2.24) is 5.43 Å². The number of hydrogen-bond acceptors (Lipinski definition) is 4. The average molecular weight is 323 g/mol. The van der Waals surface area contributed by atoms with Crippen LogP contribution < -0.4 is 15.6 Å². The number of halogens is 1. The molecule has 0 spiro atoms. The number of benzene rings is 2. The Hall–Kier alpha value is -2.45. The third-order valence-electron chi connectivity index (χ3n) is 2.89. The zero-order valence-corrected chi connectivity index (χ0v) is 12.3. The number of carbonyl (C=O) groups is 1. The normalized spacial score (nSPS) is 11.0. The monoisotopic (exact) mass is 323 g/mol. The topological polar surface area (TPSA) is 92.5 Å². The van der Waals surface area contributed by atoms with Crippen LogP contribution in [0, 0.1) is 5.82 Å². The summed E-state index contributed by atoms with van der Waals surface area (Å²) < 4.78 is 39.3. The van der Waals surface area contributed by atoms with E-state index in [-0.39, 0.29) is 10.6 Å². The van der Waals surface area contributed by atoms with Gasteiger partial charge >= 0.3 is 0 Å². The quantitative estimate of drug-likeness (QED) is 0.488. The van der Waals surface area contributed by atoms with Crippen LogP contribution in [0.15, 0.2) is 59.5 Å². The van der Waals surface area contributed by atoms with E-state index < -0.39 is 28.3 Å². The first-order valence-corrected chi connectivity index (χ1v) is 7.72. The third-order valence-corrected chi connectivity index (χ3v) is 4.68. The highest BCUT2D eigenvalue weighted by Crippen LogP contribution is 2.23. The number of nitrogens with two attached hydrogens (primary N) is 1. The molecule has 116 valence electrons. The maximum Gasteiger partial charge on any atom is 0.264 e. The molecular weight excluding hydrogens is 309 g/mol. The first kappa shape index (κ1) is 15.9. The molecule has 0 fully saturated rings. The van der Waals surface area contributed by atoms with Crippen LogP contribution >= 0.6 is 0 Å². The van der Waals surface area contributed by atoms with E-state index in [0.29, 0.717) is 0 Å². The van der Waals surface area contributed by atoms with Crippen LogP contribution in [0.3, 0.4) is 0 Å². The van der Waals surface area contributed by atoms with E-state index >= 15 is 0 Å². The molecule has 3 N–H and O–H groups in total. The van der Waals surface area contributed by atoms with Gasteiger partial charge in [-0.2, -0.15) is 0 Å². The van der Waals surface area contributed by atoms with E-state index in [1.165, 1.54) is 24.3 Å². The van der Waals surface area contributed by atoms with Gasteiger partial charge in [0.25, 0.3) is 15.9 Å². The van der Waals surface area contributed by atoms with E-state index in [4.69, 9.17) is 5.84 Å². The van der Waals surface area contributed by atoms with Gasteiger partial charge in [0.05, 0.1) is 10.6 Å². The lowest BCUT2D eigenvalue weighted by Gasteiger charge is -2.23. The van der Waals surface area contributed by atoms with E-state index in [1.807, 2.05) is 5.43 Å². The van der Waals surface area contributed by atoms with Gasteiger partial charge in [0.2, 0.25) is 0 Å². The fraction of sp³-hybridized carbons (Fsp3) is 0.0714. The molecule has 22 heavy (non-hydrogen) atoms. The molecule has 0 aliphatic carbocycles. The van der Waals surface area contributed by atoms with Crippen LogP contribution in [0.2, 0.25) is 0 Å². The lowest BCUT2D eigenvalue weighted by Crippen LogP contribution is -2.43. The Kier molecular flexibility index (Phi) is 4.74. The van der Waals surface area contributed by atoms with Crippen molar-refractivity contribution >= 4 is 21.6 Å². The fourth-order valence-electron chi connectivity index (χ4n) is 1.82. The molecule has 2 aromatic rings. The zero-order valence-electron chi connectivity index (χ0n) is 11.4. The molecule has 6 nitrogen and oxygen atoms in total. The Morgan fingerprint density at radius 1 is 1.09 bits per heavy atom. The Morgan fingerprint density at radius 2 is 1.68 bits per heavy atom. The predicted molar refractivity (Wildman–Crippen MR) is 79.7 cm³/mol. The van der Waals surface area contributed by atoms with Gasteiger partial charge in [-0.05, 0) is 36.4 Å². The Bertz CT molecular complexity index is 749. The van der Waals surface area contributed by atoms with Gasteiger partial charge in [-0.1, -0.05) is 18.2 Å². The largest absolute Gasteiger partial charge is 0.293 e. The van der Waals surface area contributed by atoms with Crippen molar-refractivity contribution in [3.8, 4) is 0 Å². The summed E-state index contributed by atoms with van der Waals surface area (Å²) in [5, 5.41) is 0. The minimum Gasteiger partial charge on any atom is -0.293 e. The first-order chi connectivity index (χ1) is 10.4. The maximum atomic E-state index is 13.0. The van der Waals surface area contributed by atoms with E-state index in [2.05, 4.69) is 0 Å². The van der Waals surface area contributed by atoms with Crippen molar-refractivity contribution < 1.29 is 17.6 Å². The fourth-order valence-corrected chi connectivity index (χ4v) is 3.26. The van der Waals surface area contributed by atoms with Crippen LogP contribution in [0.1, 0.15) is 0 Å². The first-order valence-electron chi connectivity index (χ1n) is 6.28. The van der Waals surface area contributed by atoms with Crippen molar-refractivity contribution in [2.75, 3.05) is 10.8 Å². The van der Waals surface area contributed by atoms with Crippen LogP contribution in [0.4, 0.5) is 10.1 Å². The molecule has 2 rings (SSSR count). The van der Waals surface area contributed by atoms with Gasteiger partial charge in [-0.15, -0.1) is 0 Å². The van der Waals surface area contributed by atoms with Gasteiger partial charge < -0.3 is 0 Å². The van der Waals surface area contributed by atoms with Crippen molar-refractivity contribution in [2.24, 2.45) is 5.84 Å². The minimum absolute atomic E-state index is 0.0177. The molecule has 0 unspecified atom stereocenters. The number of rotatable bonds is 5. The molecule has 0 bridgehead atoms. The zero-order chi connectivity index (χ0) is 16.2. The molecular formula is C14H14FN3O3S. The van der Waals surface area contributed by atoms with Crippen molar-refractivity contribution in [1.29, 1.82) is 0 Å². The molecule has 0 atom stereocenters. The van der Waals surface area contributed by atoms with Crippen molar-refractivity contribution in [2.45, 2.75) is 4.90 Å². The van der Waals surface area contributed by atoms with Gasteiger partial charge in [-0.3, -0.25) is 14.5 Å².